The Morgan fingerprint density at radius 3 is 3.15 bits per heavy atom. The van der Waals surface area contributed by atoms with Crippen molar-refractivity contribution in [2.45, 2.75) is 25.3 Å². The zero-order valence-electron chi connectivity index (χ0n) is 11.6. The van der Waals surface area contributed by atoms with Crippen LogP contribution in [0.1, 0.15) is 30.0 Å². The van der Waals surface area contributed by atoms with Gasteiger partial charge in [0.25, 0.3) is 5.91 Å². The molecule has 0 saturated heterocycles. The second-order valence-corrected chi connectivity index (χ2v) is 4.82. The van der Waals surface area contributed by atoms with Gasteiger partial charge in [-0.25, -0.2) is 0 Å². The Balaban J connectivity index is 1.97. The average Bonchev–Trinajstić information content (AvgIpc) is 2.49. The first-order chi connectivity index (χ1) is 9.74. The molecule has 0 fully saturated rings. The zero-order valence-corrected chi connectivity index (χ0v) is 11.6. The van der Waals surface area contributed by atoms with Crippen molar-refractivity contribution in [3.63, 3.8) is 0 Å². The van der Waals surface area contributed by atoms with Crippen molar-refractivity contribution in [3.8, 4) is 11.8 Å². The number of benzene rings is 1. The van der Waals surface area contributed by atoms with Crippen LogP contribution in [0.5, 0.6) is 5.75 Å². The maximum absolute atomic E-state index is 11.4. The van der Waals surface area contributed by atoms with Gasteiger partial charge in [0.15, 0.2) is 6.61 Å². The minimum atomic E-state index is -0.280. The van der Waals surface area contributed by atoms with E-state index >= 15 is 0 Å². The number of fused-ring (bicyclic) bond motifs is 1. The summed E-state index contributed by atoms with van der Waals surface area (Å²) in [6.45, 7) is -0.0495. The number of nitrogens with one attached hydrogen (secondary N) is 2. The molecular formula is C15H19N3O2. The molecule has 0 aliphatic heterocycles. The van der Waals surface area contributed by atoms with Crippen LogP contribution in [0.2, 0.25) is 0 Å². The summed E-state index contributed by atoms with van der Waals surface area (Å²) in [5.41, 5.74) is 2.60. The van der Waals surface area contributed by atoms with E-state index in [1.807, 2.05) is 25.2 Å². The Hall–Kier alpha value is -2.06. The molecule has 1 aliphatic rings. The third-order valence-electron chi connectivity index (χ3n) is 3.51. The van der Waals surface area contributed by atoms with E-state index in [9.17, 15) is 4.79 Å². The van der Waals surface area contributed by atoms with Gasteiger partial charge < -0.3 is 15.4 Å². The molecular weight excluding hydrogens is 254 g/mol. The lowest BCUT2D eigenvalue weighted by Crippen LogP contribution is -2.29. The van der Waals surface area contributed by atoms with Crippen LogP contribution >= 0.6 is 0 Å². The number of aryl methyl sites for hydroxylation is 1. The highest BCUT2D eigenvalue weighted by molar-refractivity contribution is 5.77. The molecule has 0 heterocycles. The van der Waals surface area contributed by atoms with Crippen LogP contribution in [0.15, 0.2) is 18.2 Å². The summed E-state index contributed by atoms with van der Waals surface area (Å²) in [5.74, 6) is 0.421. The topological polar surface area (TPSA) is 74.2 Å². The fourth-order valence-electron chi connectivity index (χ4n) is 2.52. The first-order valence-electron chi connectivity index (χ1n) is 6.81. The minimum absolute atomic E-state index is 0.0101. The molecule has 1 unspecified atom stereocenters. The number of nitriles is 1. The van der Waals surface area contributed by atoms with Crippen molar-refractivity contribution in [1.82, 2.24) is 10.6 Å². The number of ether oxygens (including phenoxy) is 1. The number of rotatable bonds is 5. The molecule has 1 amide bonds. The van der Waals surface area contributed by atoms with Crippen molar-refractivity contribution >= 4 is 5.91 Å². The van der Waals surface area contributed by atoms with Crippen molar-refractivity contribution in [1.29, 1.82) is 5.26 Å². The molecule has 5 nitrogen and oxygen atoms in total. The average molecular weight is 273 g/mol. The van der Waals surface area contributed by atoms with Crippen LogP contribution in [0.3, 0.4) is 0 Å². The van der Waals surface area contributed by atoms with Gasteiger partial charge in [0.05, 0.1) is 6.07 Å². The zero-order chi connectivity index (χ0) is 14.4. The molecule has 0 saturated carbocycles. The molecule has 0 bridgehead atoms. The monoisotopic (exact) mass is 273 g/mol. The molecule has 20 heavy (non-hydrogen) atoms. The Bertz CT molecular complexity index is 522. The molecule has 0 spiro atoms. The highest BCUT2D eigenvalue weighted by atomic mass is 16.5. The van der Waals surface area contributed by atoms with Gasteiger partial charge in [0.2, 0.25) is 0 Å². The van der Waals surface area contributed by atoms with E-state index in [0.29, 0.717) is 11.8 Å². The SMILES string of the molecule is CNC1CCCc2cc(OCC(=O)NCC#N)ccc21. The molecule has 0 radical (unpaired) electrons. The summed E-state index contributed by atoms with van der Waals surface area (Å²) in [5, 5.41) is 14.1. The van der Waals surface area contributed by atoms with Crippen LogP contribution in [-0.2, 0) is 11.2 Å². The smallest absolute Gasteiger partial charge is 0.258 e. The normalized spacial score (nSPS) is 16.9. The number of hydrogen-bond donors (Lipinski definition) is 2. The summed E-state index contributed by atoms with van der Waals surface area (Å²) < 4.78 is 5.46. The largest absolute Gasteiger partial charge is 0.484 e. The Morgan fingerprint density at radius 2 is 2.40 bits per heavy atom. The third-order valence-corrected chi connectivity index (χ3v) is 3.51. The highest BCUT2D eigenvalue weighted by Gasteiger charge is 2.19. The standard InChI is InChI=1S/C15H19N3O2/c1-17-14-4-2-3-11-9-12(5-6-13(11)14)20-10-15(19)18-8-7-16/h5-6,9,14,17H,2-4,8,10H2,1H3,(H,18,19). The van der Waals surface area contributed by atoms with Crippen LogP contribution in [0.4, 0.5) is 0 Å². The summed E-state index contributed by atoms with van der Waals surface area (Å²) in [6, 6.07) is 8.24. The maximum atomic E-state index is 11.4. The third kappa shape index (κ3) is 3.49. The van der Waals surface area contributed by atoms with E-state index in [1.54, 1.807) is 0 Å². The van der Waals surface area contributed by atoms with Gasteiger partial charge in [-0.1, -0.05) is 6.07 Å². The predicted molar refractivity (Wildman–Crippen MR) is 75.3 cm³/mol. The maximum Gasteiger partial charge on any atom is 0.258 e. The Kier molecular flexibility index (Phi) is 4.97. The summed E-state index contributed by atoms with van der Waals surface area (Å²) >= 11 is 0. The van der Waals surface area contributed by atoms with Gasteiger partial charge >= 0.3 is 0 Å². The first-order valence-corrected chi connectivity index (χ1v) is 6.81. The van der Waals surface area contributed by atoms with E-state index in [0.717, 1.165) is 19.3 Å². The minimum Gasteiger partial charge on any atom is -0.484 e. The van der Waals surface area contributed by atoms with E-state index in [-0.39, 0.29) is 19.1 Å². The second kappa shape index (κ2) is 6.92. The molecule has 0 aromatic heterocycles. The lowest BCUT2D eigenvalue weighted by atomic mass is 9.87. The summed E-state index contributed by atoms with van der Waals surface area (Å²) in [4.78, 5) is 11.4. The Labute approximate surface area is 118 Å². The molecule has 1 aromatic carbocycles. The number of carbonyl (C=O) groups excluding carboxylic acids is 1. The summed E-state index contributed by atoms with van der Waals surface area (Å²) in [6.07, 6.45) is 3.36. The van der Waals surface area contributed by atoms with Crippen LogP contribution < -0.4 is 15.4 Å². The van der Waals surface area contributed by atoms with E-state index in [4.69, 9.17) is 10.00 Å². The van der Waals surface area contributed by atoms with Gasteiger partial charge in [-0.2, -0.15) is 5.26 Å². The van der Waals surface area contributed by atoms with Gasteiger partial charge in [0.1, 0.15) is 12.3 Å². The van der Waals surface area contributed by atoms with Gasteiger partial charge in [-0.15, -0.1) is 0 Å². The van der Waals surface area contributed by atoms with Gasteiger partial charge in [-0.3, -0.25) is 4.79 Å². The molecule has 2 rings (SSSR count). The highest BCUT2D eigenvalue weighted by Crippen LogP contribution is 2.31. The van der Waals surface area contributed by atoms with Crippen LogP contribution in [0, 0.1) is 11.3 Å². The van der Waals surface area contributed by atoms with Crippen molar-refractivity contribution in [3.05, 3.63) is 29.3 Å². The van der Waals surface area contributed by atoms with E-state index in [2.05, 4.69) is 16.7 Å². The molecule has 106 valence electrons. The molecule has 1 atom stereocenters. The van der Waals surface area contributed by atoms with Crippen molar-refractivity contribution in [2.75, 3.05) is 20.2 Å². The number of amides is 1. The molecule has 2 N–H and O–H groups in total. The van der Waals surface area contributed by atoms with Gasteiger partial charge in [0, 0.05) is 6.04 Å². The summed E-state index contributed by atoms with van der Waals surface area (Å²) in [7, 11) is 1.98. The molecule has 5 heteroatoms. The lowest BCUT2D eigenvalue weighted by Gasteiger charge is -2.25. The first kappa shape index (κ1) is 14.4. The fourth-order valence-corrected chi connectivity index (χ4v) is 2.52. The molecule has 1 aliphatic carbocycles. The lowest BCUT2D eigenvalue weighted by molar-refractivity contribution is -0.122. The quantitative estimate of drug-likeness (QED) is 0.793. The number of carbonyl (C=O) groups is 1. The van der Waals surface area contributed by atoms with Gasteiger partial charge in [-0.05, 0) is 49.6 Å². The number of nitrogens with zero attached hydrogens (tertiary/aromatic N) is 1. The number of hydrogen-bond acceptors (Lipinski definition) is 4. The molecule has 1 aromatic rings. The van der Waals surface area contributed by atoms with Crippen LogP contribution in [-0.4, -0.2) is 26.1 Å². The van der Waals surface area contributed by atoms with Crippen LogP contribution in [0.25, 0.3) is 0 Å². The van der Waals surface area contributed by atoms with E-state index < -0.39 is 0 Å². The Morgan fingerprint density at radius 1 is 1.55 bits per heavy atom. The van der Waals surface area contributed by atoms with E-state index in [1.165, 1.54) is 11.1 Å². The predicted octanol–water partition coefficient (Wildman–Crippen LogP) is 1.30. The van der Waals surface area contributed by atoms with Crippen molar-refractivity contribution < 1.29 is 9.53 Å². The van der Waals surface area contributed by atoms with Crippen molar-refractivity contribution in [2.24, 2.45) is 0 Å². The second-order valence-electron chi connectivity index (χ2n) is 4.82. The fraction of sp³-hybridized carbons (Fsp3) is 0.467.